The largest absolute Gasteiger partial charge is 0.464 e. The number of hydrogen-bond acceptors (Lipinski definition) is 3. The van der Waals surface area contributed by atoms with E-state index >= 15 is 0 Å². The van der Waals surface area contributed by atoms with Gasteiger partial charge in [0.2, 0.25) is 10.0 Å². The van der Waals surface area contributed by atoms with E-state index in [2.05, 4.69) is 4.72 Å². The van der Waals surface area contributed by atoms with Crippen molar-refractivity contribution in [3.05, 3.63) is 30.5 Å². The standard InChI is InChI=1S/C11H13NO3S/c1-8(2)12-16(13,14)11-5-3-4-10-9(11)6-7-15-10/h3-8,12H,1-2H3. The van der Waals surface area contributed by atoms with Crippen molar-refractivity contribution in [2.75, 3.05) is 0 Å². The Bertz CT molecular complexity index is 598. The average Bonchev–Trinajstić information content (AvgIpc) is 2.62. The Morgan fingerprint density at radius 3 is 2.69 bits per heavy atom. The summed E-state index contributed by atoms with van der Waals surface area (Å²) in [6.45, 7) is 3.57. The molecule has 0 fully saturated rings. The molecule has 0 amide bonds. The Balaban J connectivity index is 2.59. The third-order valence-electron chi connectivity index (χ3n) is 2.14. The molecule has 0 saturated heterocycles. The molecule has 0 aliphatic heterocycles. The Morgan fingerprint density at radius 2 is 2.00 bits per heavy atom. The third kappa shape index (κ3) is 1.96. The summed E-state index contributed by atoms with van der Waals surface area (Å²) < 4.78 is 31.7. The van der Waals surface area contributed by atoms with Gasteiger partial charge in [0.1, 0.15) is 5.58 Å². The van der Waals surface area contributed by atoms with Gasteiger partial charge in [0.05, 0.1) is 11.2 Å². The molecule has 0 aliphatic carbocycles. The molecule has 1 N–H and O–H groups in total. The number of nitrogens with one attached hydrogen (secondary N) is 1. The monoisotopic (exact) mass is 239 g/mol. The molecule has 86 valence electrons. The molecule has 16 heavy (non-hydrogen) atoms. The fraction of sp³-hybridized carbons (Fsp3) is 0.273. The first-order chi connectivity index (χ1) is 7.50. The molecule has 1 aromatic carbocycles. The molecule has 1 heterocycles. The van der Waals surface area contributed by atoms with Gasteiger partial charge in [-0.25, -0.2) is 13.1 Å². The molecule has 0 saturated carbocycles. The predicted molar refractivity (Wildman–Crippen MR) is 61.7 cm³/mol. The van der Waals surface area contributed by atoms with Crippen LogP contribution in [0.15, 0.2) is 39.8 Å². The van der Waals surface area contributed by atoms with Crippen LogP contribution >= 0.6 is 0 Å². The maximum Gasteiger partial charge on any atom is 0.241 e. The van der Waals surface area contributed by atoms with Crippen LogP contribution in [-0.2, 0) is 10.0 Å². The van der Waals surface area contributed by atoms with E-state index in [1.807, 2.05) is 0 Å². The number of fused-ring (bicyclic) bond motifs is 1. The van der Waals surface area contributed by atoms with Crippen molar-refractivity contribution >= 4 is 21.0 Å². The molecule has 2 rings (SSSR count). The SMILES string of the molecule is CC(C)NS(=O)(=O)c1cccc2occc12. The molecular formula is C11H13NO3S. The Labute approximate surface area is 94.3 Å². The predicted octanol–water partition coefficient (Wildman–Crippen LogP) is 2.12. The number of rotatable bonds is 3. The van der Waals surface area contributed by atoms with Crippen LogP contribution in [0.25, 0.3) is 11.0 Å². The first-order valence-corrected chi connectivity index (χ1v) is 6.47. The molecule has 4 nitrogen and oxygen atoms in total. The highest BCUT2D eigenvalue weighted by molar-refractivity contribution is 7.89. The minimum atomic E-state index is -3.47. The minimum Gasteiger partial charge on any atom is -0.464 e. The van der Waals surface area contributed by atoms with E-state index in [1.165, 1.54) is 6.26 Å². The smallest absolute Gasteiger partial charge is 0.241 e. The summed E-state index contributed by atoms with van der Waals surface area (Å²) in [7, 11) is -3.47. The van der Waals surface area contributed by atoms with Crippen molar-refractivity contribution in [2.45, 2.75) is 24.8 Å². The molecule has 0 bridgehead atoms. The van der Waals surface area contributed by atoms with Gasteiger partial charge < -0.3 is 4.42 Å². The lowest BCUT2D eigenvalue weighted by Crippen LogP contribution is -2.30. The minimum absolute atomic E-state index is 0.132. The highest BCUT2D eigenvalue weighted by Crippen LogP contribution is 2.23. The van der Waals surface area contributed by atoms with Crippen LogP contribution in [0.5, 0.6) is 0 Å². The Kier molecular flexibility index (Phi) is 2.73. The summed E-state index contributed by atoms with van der Waals surface area (Å²) in [4.78, 5) is 0.257. The van der Waals surface area contributed by atoms with Crippen molar-refractivity contribution in [3.8, 4) is 0 Å². The number of furan rings is 1. The zero-order chi connectivity index (χ0) is 11.8. The molecule has 0 unspecified atom stereocenters. The highest BCUT2D eigenvalue weighted by atomic mass is 32.2. The van der Waals surface area contributed by atoms with Crippen LogP contribution in [0.1, 0.15) is 13.8 Å². The number of hydrogen-bond donors (Lipinski definition) is 1. The summed E-state index contributed by atoms with van der Waals surface area (Å²) in [6, 6.07) is 6.50. The van der Waals surface area contributed by atoms with E-state index in [-0.39, 0.29) is 10.9 Å². The first kappa shape index (κ1) is 11.2. The molecule has 2 aromatic rings. The van der Waals surface area contributed by atoms with Crippen molar-refractivity contribution in [3.63, 3.8) is 0 Å². The molecule has 5 heteroatoms. The van der Waals surface area contributed by atoms with Gasteiger partial charge in [-0.05, 0) is 32.0 Å². The molecule has 0 aliphatic rings. The van der Waals surface area contributed by atoms with Crippen LogP contribution < -0.4 is 4.72 Å². The van der Waals surface area contributed by atoms with E-state index < -0.39 is 10.0 Å². The fourth-order valence-corrected chi connectivity index (χ4v) is 3.04. The maximum atomic E-state index is 12.0. The van der Waals surface area contributed by atoms with Gasteiger partial charge in [-0.15, -0.1) is 0 Å². The van der Waals surface area contributed by atoms with E-state index in [4.69, 9.17) is 4.42 Å². The van der Waals surface area contributed by atoms with Crippen LogP contribution in [0.3, 0.4) is 0 Å². The highest BCUT2D eigenvalue weighted by Gasteiger charge is 2.18. The second-order valence-corrected chi connectivity index (χ2v) is 5.55. The van der Waals surface area contributed by atoms with Crippen LogP contribution in [0, 0.1) is 0 Å². The maximum absolute atomic E-state index is 12.0. The summed E-state index contributed by atoms with van der Waals surface area (Å²) in [5.41, 5.74) is 0.576. The van der Waals surface area contributed by atoms with Gasteiger partial charge in [0.15, 0.2) is 0 Å². The van der Waals surface area contributed by atoms with E-state index in [0.29, 0.717) is 11.0 Å². The second kappa shape index (κ2) is 3.92. The number of benzene rings is 1. The van der Waals surface area contributed by atoms with Crippen LogP contribution in [0.2, 0.25) is 0 Å². The molecular weight excluding hydrogens is 226 g/mol. The Hall–Kier alpha value is -1.33. The summed E-state index contributed by atoms with van der Waals surface area (Å²) in [6.07, 6.45) is 1.49. The topological polar surface area (TPSA) is 59.3 Å². The van der Waals surface area contributed by atoms with Crippen molar-refractivity contribution < 1.29 is 12.8 Å². The lowest BCUT2D eigenvalue weighted by molar-refractivity contribution is 0.570. The molecule has 0 spiro atoms. The quantitative estimate of drug-likeness (QED) is 0.892. The lowest BCUT2D eigenvalue weighted by atomic mass is 10.3. The van der Waals surface area contributed by atoms with Gasteiger partial charge in [-0.3, -0.25) is 0 Å². The van der Waals surface area contributed by atoms with Gasteiger partial charge in [-0.2, -0.15) is 0 Å². The third-order valence-corrected chi connectivity index (χ3v) is 3.85. The van der Waals surface area contributed by atoms with E-state index in [1.54, 1.807) is 38.1 Å². The van der Waals surface area contributed by atoms with Crippen LogP contribution in [-0.4, -0.2) is 14.5 Å². The fourth-order valence-electron chi connectivity index (χ4n) is 1.57. The average molecular weight is 239 g/mol. The zero-order valence-corrected chi connectivity index (χ0v) is 9.91. The van der Waals surface area contributed by atoms with Gasteiger partial charge in [0.25, 0.3) is 0 Å². The van der Waals surface area contributed by atoms with Crippen molar-refractivity contribution in [1.82, 2.24) is 4.72 Å². The normalized spacial score (nSPS) is 12.4. The lowest BCUT2D eigenvalue weighted by Gasteiger charge is -2.09. The Morgan fingerprint density at radius 1 is 1.25 bits per heavy atom. The summed E-state index contributed by atoms with van der Waals surface area (Å²) in [5.74, 6) is 0. The van der Waals surface area contributed by atoms with Gasteiger partial charge in [0, 0.05) is 11.4 Å². The van der Waals surface area contributed by atoms with Crippen molar-refractivity contribution in [2.24, 2.45) is 0 Å². The summed E-state index contributed by atoms with van der Waals surface area (Å²) in [5, 5.41) is 0.607. The zero-order valence-electron chi connectivity index (χ0n) is 9.10. The summed E-state index contributed by atoms with van der Waals surface area (Å²) >= 11 is 0. The molecule has 1 aromatic heterocycles. The van der Waals surface area contributed by atoms with E-state index in [9.17, 15) is 8.42 Å². The van der Waals surface area contributed by atoms with Crippen molar-refractivity contribution in [1.29, 1.82) is 0 Å². The van der Waals surface area contributed by atoms with E-state index in [0.717, 1.165) is 0 Å². The second-order valence-electron chi connectivity index (χ2n) is 3.86. The number of sulfonamides is 1. The first-order valence-electron chi connectivity index (χ1n) is 4.99. The molecule has 0 radical (unpaired) electrons. The molecule has 0 atom stereocenters. The van der Waals surface area contributed by atoms with Gasteiger partial charge in [-0.1, -0.05) is 6.07 Å². The van der Waals surface area contributed by atoms with Crippen LogP contribution in [0.4, 0.5) is 0 Å². The van der Waals surface area contributed by atoms with Gasteiger partial charge >= 0.3 is 0 Å².